The van der Waals surface area contributed by atoms with Crippen molar-refractivity contribution in [1.29, 1.82) is 0 Å². The van der Waals surface area contributed by atoms with Gasteiger partial charge >= 0.3 is 0 Å². The molecule has 0 fully saturated rings. The van der Waals surface area contributed by atoms with Crippen molar-refractivity contribution >= 4 is 15.9 Å². The van der Waals surface area contributed by atoms with E-state index >= 15 is 0 Å². The van der Waals surface area contributed by atoms with Gasteiger partial charge in [0.15, 0.2) is 17.4 Å². The summed E-state index contributed by atoms with van der Waals surface area (Å²) in [4.78, 5) is 0. The van der Waals surface area contributed by atoms with Crippen molar-refractivity contribution in [3.8, 4) is 5.75 Å². The molecule has 4 heteroatoms. The largest absolute Gasteiger partial charge is 0.289 e. The van der Waals surface area contributed by atoms with E-state index in [9.17, 15) is 13.9 Å². The highest BCUT2D eigenvalue weighted by molar-refractivity contribution is 9.10. The molecule has 0 aromatic heterocycles. The Labute approximate surface area is 64.4 Å². The molecule has 0 aliphatic heterocycles. The van der Waals surface area contributed by atoms with E-state index in [4.69, 9.17) is 0 Å². The minimum atomic E-state index is -1.12. The van der Waals surface area contributed by atoms with E-state index in [1.807, 2.05) is 0 Å². The molecule has 0 heterocycles. The van der Waals surface area contributed by atoms with Crippen LogP contribution in [0.1, 0.15) is 0 Å². The average molecular weight is 208 g/mol. The van der Waals surface area contributed by atoms with Crippen molar-refractivity contribution in [1.82, 2.24) is 0 Å². The highest BCUT2D eigenvalue weighted by Gasteiger charge is 2.07. The third-order valence-electron chi connectivity index (χ3n) is 0.975. The molecule has 0 amide bonds. The third-order valence-corrected chi connectivity index (χ3v) is 1.59. The van der Waals surface area contributed by atoms with Gasteiger partial charge in [0.25, 0.3) is 0 Å². The first-order valence-electron chi connectivity index (χ1n) is 2.43. The maximum absolute atomic E-state index is 12.2. The van der Waals surface area contributed by atoms with E-state index in [0.29, 0.717) is 6.07 Å². The Kier molecular flexibility index (Phi) is 1.89. The van der Waals surface area contributed by atoms with Crippen molar-refractivity contribution in [3.05, 3.63) is 28.2 Å². The molecule has 0 atom stereocenters. The van der Waals surface area contributed by atoms with E-state index in [1.165, 1.54) is 0 Å². The molecule has 0 aliphatic rings. The molecule has 1 rings (SSSR count). The van der Waals surface area contributed by atoms with Crippen molar-refractivity contribution < 1.29 is 13.9 Å². The van der Waals surface area contributed by atoms with Gasteiger partial charge in [0.05, 0.1) is 4.47 Å². The SMILES string of the molecule is [O]c1cc(F)c(F)cc1Br. The maximum Gasteiger partial charge on any atom is 0.195 e. The van der Waals surface area contributed by atoms with Crippen molar-refractivity contribution in [3.63, 3.8) is 0 Å². The lowest BCUT2D eigenvalue weighted by Crippen LogP contribution is -1.81. The van der Waals surface area contributed by atoms with Crippen molar-refractivity contribution in [2.24, 2.45) is 0 Å². The van der Waals surface area contributed by atoms with Crippen LogP contribution in [0.25, 0.3) is 0 Å². The van der Waals surface area contributed by atoms with E-state index in [0.717, 1.165) is 6.07 Å². The quantitative estimate of drug-likeness (QED) is 0.584. The first-order valence-corrected chi connectivity index (χ1v) is 3.22. The standard InChI is InChI=1S/C6H2BrF2O/c7-3-1-4(8)5(9)2-6(3)10/h1-2H. The van der Waals surface area contributed by atoms with Gasteiger partial charge in [-0.1, -0.05) is 0 Å². The van der Waals surface area contributed by atoms with Crippen LogP contribution < -0.4 is 0 Å². The van der Waals surface area contributed by atoms with Crippen LogP contribution in [-0.2, 0) is 5.11 Å². The Morgan fingerprint density at radius 1 is 1.20 bits per heavy atom. The first-order chi connectivity index (χ1) is 4.61. The Balaban J connectivity index is 3.28. The van der Waals surface area contributed by atoms with Crippen LogP contribution in [-0.4, -0.2) is 0 Å². The van der Waals surface area contributed by atoms with E-state index < -0.39 is 17.4 Å². The zero-order valence-electron chi connectivity index (χ0n) is 4.70. The zero-order chi connectivity index (χ0) is 7.72. The summed E-state index contributed by atoms with van der Waals surface area (Å²) in [5, 5.41) is 10.5. The summed E-state index contributed by atoms with van der Waals surface area (Å²) in [6.07, 6.45) is 0. The fourth-order valence-electron chi connectivity index (χ4n) is 0.504. The average Bonchev–Trinajstić information content (AvgIpc) is 1.84. The van der Waals surface area contributed by atoms with Gasteiger partial charge in [0.2, 0.25) is 0 Å². The summed E-state index contributed by atoms with van der Waals surface area (Å²) >= 11 is 2.76. The van der Waals surface area contributed by atoms with Gasteiger partial charge < -0.3 is 0 Å². The van der Waals surface area contributed by atoms with Gasteiger partial charge in [-0.25, -0.2) is 8.78 Å². The molecular formula is C6H2BrF2O. The van der Waals surface area contributed by atoms with Gasteiger partial charge in [-0.3, -0.25) is 5.11 Å². The maximum atomic E-state index is 12.2. The molecule has 10 heavy (non-hydrogen) atoms. The molecule has 0 N–H and O–H groups in total. The Bertz CT molecular complexity index is 212. The molecule has 1 nitrogen and oxygen atoms in total. The van der Waals surface area contributed by atoms with Gasteiger partial charge in [-0.2, -0.15) is 0 Å². The molecule has 0 unspecified atom stereocenters. The summed E-state index contributed by atoms with van der Waals surface area (Å²) in [6.45, 7) is 0. The molecule has 0 saturated heterocycles. The minimum Gasteiger partial charge on any atom is -0.289 e. The van der Waals surface area contributed by atoms with Crippen LogP contribution in [0.2, 0.25) is 0 Å². The van der Waals surface area contributed by atoms with Crippen LogP contribution in [0.5, 0.6) is 5.75 Å². The first kappa shape index (κ1) is 7.47. The van der Waals surface area contributed by atoms with Crippen LogP contribution in [0.4, 0.5) is 8.78 Å². The van der Waals surface area contributed by atoms with E-state index in [2.05, 4.69) is 15.9 Å². The second kappa shape index (κ2) is 2.54. The normalized spacial score (nSPS) is 9.90. The number of halogens is 3. The predicted octanol–water partition coefficient (Wildman–Crippen LogP) is 2.87. The molecule has 0 saturated carbocycles. The zero-order valence-corrected chi connectivity index (χ0v) is 6.28. The Morgan fingerprint density at radius 2 is 1.70 bits per heavy atom. The fraction of sp³-hybridized carbons (Fsp3) is 0. The fourth-order valence-corrected chi connectivity index (χ4v) is 0.820. The lowest BCUT2D eigenvalue weighted by atomic mass is 10.3. The molecular weight excluding hydrogens is 206 g/mol. The lowest BCUT2D eigenvalue weighted by Gasteiger charge is -1.93. The minimum absolute atomic E-state index is 0.0337. The molecule has 0 aliphatic carbocycles. The number of benzene rings is 1. The van der Waals surface area contributed by atoms with Gasteiger partial charge in [0.1, 0.15) is 0 Å². The molecule has 1 radical (unpaired) electrons. The molecule has 0 bridgehead atoms. The second-order valence-electron chi connectivity index (χ2n) is 1.70. The van der Waals surface area contributed by atoms with Crippen LogP contribution in [0.3, 0.4) is 0 Å². The molecule has 0 spiro atoms. The Hall–Kier alpha value is -0.640. The summed E-state index contributed by atoms with van der Waals surface area (Å²) in [5.74, 6) is -2.70. The molecule has 1 aromatic rings. The highest BCUT2D eigenvalue weighted by atomic mass is 79.9. The summed E-state index contributed by atoms with van der Waals surface area (Å²) in [5.41, 5.74) is 0. The summed E-state index contributed by atoms with van der Waals surface area (Å²) in [6, 6.07) is 1.40. The van der Waals surface area contributed by atoms with Gasteiger partial charge in [0, 0.05) is 6.07 Å². The number of hydrogen-bond donors (Lipinski definition) is 0. The van der Waals surface area contributed by atoms with Crippen LogP contribution in [0.15, 0.2) is 16.6 Å². The van der Waals surface area contributed by atoms with Gasteiger partial charge in [-0.15, -0.1) is 0 Å². The van der Waals surface area contributed by atoms with Gasteiger partial charge in [-0.05, 0) is 22.0 Å². The van der Waals surface area contributed by atoms with Crippen LogP contribution in [0, 0.1) is 11.6 Å². The molecule has 53 valence electrons. The van der Waals surface area contributed by atoms with E-state index in [1.54, 1.807) is 0 Å². The Morgan fingerprint density at radius 3 is 2.20 bits per heavy atom. The highest BCUT2D eigenvalue weighted by Crippen LogP contribution is 2.26. The molecule has 1 aromatic carbocycles. The van der Waals surface area contributed by atoms with Crippen LogP contribution >= 0.6 is 15.9 Å². The lowest BCUT2D eigenvalue weighted by molar-refractivity contribution is 0.346. The number of hydrogen-bond acceptors (Lipinski definition) is 0. The second-order valence-corrected chi connectivity index (χ2v) is 2.55. The monoisotopic (exact) mass is 207 g/mol. The smallest absolute Gasteiger partial charge is 0.195 e. The summed E-state index contributed by atoms with van der Waals surface area (Å²) < 4.78 is 24.4. The predicted molar refractivity (Wildman–Crippen MR) is 34.2 cm³/mol. The number of rotatable bonds is 0. The van der Waals surface area contributed by atoms with E-state index in [-0.39, 0.29) is 4.47 Å². The van der Waals surface area contributed by atoms with Crippen molar-refractivity contribution in [2.45, 2.75) is 0 Å². The van der Waals surface area contributed by atoms with Crippen molar-refractivity contribution in [2.75, 3.05) is 0 Å². The topological polar surface area (TPSA) is 19.9 Å². The third kappa shape index (κ3) is 1.26. The summed E-state index contributed by atoms with van der Waals surface area (Å²) in [7, 11) is 0.